The molecule has 0 unspecified atom stereocenters. The van der Waals surface area contributed by atoms with Crippen molar-refractivity contribution >= 4 is 23.4 Å². The van der Waals surface area contributed by atoms with E-state index in [2.05, 4.69) is 5.32 Å². The molecule has 6 heteroatoms. The molecule has 4 N–H and O–H groups in total. The molecule has 0 heterocycles. The number of carbonyl (C=O) groups is 1. The molecule has 1 aromatic carbocycles. The maximum atomic E-state index is 11.6. The minimum atomic E-state index is -0.562. The van der Waals surface area contributed by atoms with Crippen molar-refractivity contribution in [3.8, 4) is 0 Å². The van der Waals surface area contributed by atoms with Crippen LogP contribution in [0, 0.1) is 0 Å². The first-order valence-corrected chi connectivity index (χ1v) is 6.26. The fourth-order valence-corrected chi connectivity index (χ4v) is 1.75. The molecular weight excluding hydrogens is 268 g/mol. The highest BCUT2D eigenvalue weighted by atomic mass is 35.5. The fourth-order valence-electron chi connectivity index (χ4n) is 1.43. The van der Waals surface area contributed by atoms with Crippen LogP contribution in [0.5, 0.6) is 0 Å². The van der Waals surface area contributed by atoms with Gasteiger partial charge in [0.25, 0.3) is 0 Å². The van der Waals surface area contributed by atoms with Gasteiger partial charge in [-0.1, -0.05) is 17.7 Å². The van der Waals surface area contributed by atoms with E-state index in [9.17, 15) is 4.79 Å². The van der Waals surface area contributed by atoms with Crippen LogP contribution in [0.15, 0.2) is 18.2 Å². The number of ether oxygens (including phenoxy) is 1. The summed E-state index contributed by atoms with van der Waals surface area (Å²) in [6.07, 6.45) is -0.553. The van der Waals surface area contributed by atoms with Crippen LogP contribution in [0.2, 0.25) is 5.02 Å². The van der Waals surface area contributed by atoms with Crippen molar-refractivity contribution in [2.45, 2.75) is 32.4 Å². The van der Waals surface area contributed by atoms with Crippen molar-refractivity contribution < 1.29 is 14.6 Å². The maximum Gasteiger partial charge on any atom is 0.412 e. The lowest BCUT2D eigenvalue weighted by Crippen LogP contribution is -2.27. The fraction of sp³-hybridized carbons (Fsp3) is 0.462. The van der Waals surface area contributed by atoms with Crippen LogP contribution in [-0.4, -0.2) is 23.4 Å². The topological polar surface area (TPSA) is 84.6 Å². The van der Waals surface area contributed by atoms with Crippen LogP contribution in [0.1, 0.15) is 32.4 Å². The van der Waals surface area contributed by atoms with Gasteiger partial charge in [-0.2, -0.15) is 0 Å². The molecule has 0 fully saturated rings. The first-order valence-electron chi connectivity index (χ1n) is 5.89. The van der Waals surface area contributed by atoms with Gasteiger partial charge < -0.3 is 15.6 Å². The van der Waals surface area contributed by atoms with Crippen molar-refractivity contribution in [2.24, 2.45) is 5.73 Å². The molecule has 19 heavy (non-hydrogen) atoms. The molecule has 1 atom stereocenters. The molecule has 0 bridgehead atoms. The summed E-state index contributed by atoms with van der Waals surface area (Å²) in [5.41, 5.74) is 6.25. The van der Waals surface area contributed by atoms with Gasteiger partial charge in [0.05, 0.1) is 12.6 Å². The number of halogens is 1. The number of hydrogen-bond donors (Lipinski definition) is 3. The predicted molar refractivity (Wildman–Crippen MR) is 75.3 cm³/mol. The van der Waals surface area contributed by atoms with Crippen LogP contribution < -0.4 is 11.1 Å². The van der Waals surface area contributed by atoms with Gasteiger partial charge in [-0.3, -0.25) is 5.32 Å². The van der Waals surface area contributed by atoms with Crippen LogP contribution >= 0.6 is 11.6 Å². The Morgan fingerprint density at radius 3 is 2.63 bits per heavy atom. The van der Waals surface area contributed by atoms with Gasteiger partial charge >= 0.3 is 6.09 Å². The molecule has 0 saturated heterocycles. The van der Waals surface area contributed by atoms with Crippen LogP contribution in [-0.2, 0) is 4.74 Å². The summed E-state index contributed by atoms with van der Waals surface area (Å²) >= 11 is 6.04. The molecular formula is C13H19ClN2O3. The predicted octanol–water partition coefficient (Wildman–Crippen LogP) is 2.68. The molecule has 1 rings (SSSR count). The van der Waals surface area contributed by atoms with Crippen LogP contribution in [0.25, 0.3) is 0 Å². The Hall–Kier alpha value is -1.30. The third-order valence-corrected chi connectivity index (χ3v) is 2.57. The summed E-state index contributed by atoms with van der Waals surface area (Å²) in [5, 5.41) is 11.9. The molecule has 0 aliphatic carbocycles. The number of benzene rings is 1. The summed E-state index contributed by atoms with van der Waals surface area (Å²) in [6, 6.07) is 4.34. The Kier molecular flexibility index (Phi) is 5.17. The Morgan fingerprint density at radius 2 is 2.16 bits per heavy atom. The molecule has 5 nitrogen and oxygen atoms in total. The molecule has 0 saturated carbocycles. The van der Waals surface area contributed by atoms with Gasteiger partial charge in [0.2, 0.25) is 0 Å². The summed E-state index contributed by atoms with van der Waals surface area (Å²) in [7, 11) is 0. The molecule has 106 valence electrons. The quantitative estimate of drug-likeness (QED) is 0.797. The molecule has 0 aromatic heterocycles. The summed E-state index contributed by atoms with van der Waals surface area (Å²) in [4.78, 5) is 11.6. The first kappa shape index (κ1) is 15.8. The smallest absolute Gasteiger partial charge is 0.412 e. The van der Waals surface area contributed by atoms with E-state index in [0.717, 1.165) is 0 Å². The zero-order valence-electron chi connectivity index (χ0n) is 11.2. The number of hydrogen-bond acceptors (Lipinski definition) is 4. The highest BCUT2D eigenvalue weighted by molar-refractivity contribution is 6.31. The number of carbonyl (C=O) groups excluding carboxylic acids is 1. The minimum absolute atomic E-state index is 0.196. The van der Waals surface area contributed by atoms with E-state index in [1.807, 2.05) is 0 Å². The van der Waals surface area contributed by atoms with E-state index in [4.69, 9.17) is 27.2 Å². The zero-order chi connectivity index (χ0) is 14.6. The van der Waals surface area contributed by atoms with E-state index < -0.39 is 17.7 Å². The zero-order valence-corrected chi connectivity index (χ0v) is 12.0. The standard InChI is InChI=1S/C13H19ClN2O3/c1-13(2,3)19-12(18)16-8-4-5-9(10(14)6-8)11(15)7-17/h4-6,11,17H,7,15H2,1-3H3,(H,16,18)/t11-/m0/s1. The molecule has 1 amide bonds. The van der Waals surface area contributed by atoms with Gasteiger partial charge in [0.1, 0.15) is 5.60 Å². The van der Waals surface area contributed by atoms with E-state index >= 15 is 0 Å². The van der Waals surface area contributed by atoms with E-state index in [1.54, 1.807) is 39.0 Å². The molecule has 1 aromatic rings. The summed E-state index contributed by atoms with van der Waals surface area (Å²) < 4.78 is 5.12. The second-order valence-electron chi connectivity index (χ2n) is 5.15. The normalized spacial score (nSPS) is 12.9. The molecule has 0 aliphatic rings. The van der Waals surface area contributed by atoms with Gasteiger partial charge in [0, 0.05) is 10.7 Å². The average molecular weight is 287 g/mol. The highest BCUT2D eigenvalue weighted by Crippen LogP contribution is 2.25. The Bertz CT molecular complexity index is 458. The minimum Gasteiger partial charge on any atom is -0.444 e. The van der Waals surface area contributed by atoms with Crippen molar-refractivity contribution in [1.29, 1.82) is 0 Å². The van der Waals surface area contributed by atoms with Gasteiger partial charge in [-0.25, -0.2) is 4.79 Å². The van der Waals surface area contributed by atoms with Crippen molar-refractivity contribution in [2.75, 3.05) is 11.9 Å². The van der Waals surface area contributed by atoms with E-state index in [1.165, 1.54) is 0 Å². The van der Waals surface area contributed by atoms with E-state index in [0.29, 0.717) is 16.3 Å². The Morgan fingerprint density at radius 1 is 1.53 bits per heavy atom. The van der Waals surface area contributed by atoms with Gasteiger partial charge in [-0.05, 0) is 38.5 Å². The number of aliphatic hydroxyl groups is 1. The maximum absolute atomic E-state index is 11.6. The summed E-state index contributed by atoms with van der Waals surface area (Å²) in [5.74, 6) is 0. The first-order chi connectivity index (χ1) is 8.73. The Balaban J connectivity index is 2.76. The van der Waals surface area contributed by atoms with Gasteiger partial charge in [-0.15, -0.1) is 0 Å². The summed E-state index contributed by atoms with van der Waals surface area (Å²) in [6.45, 7) is 5.15. The highest BCUT2D eigenvalue weighted by Gasteiger charge is 2.17. The number of rotatable bonds is 3. The molecule has 0 aliphatic heterocycles. The van der Waals surface area contributed by atoms with Crippen molar-refractivity contribution in [1.82, 2.24) is 0 Å². The number of nitrogens with one attached hydrogen (secondary N) is 1. The lowest BCUT2D eigenvalue weighted by Gasteiger charge is -2.20. The average Bonchev–Trinajstić information content (AvgIpc) is 2.25. The van der Waals surface area contributed by atoms with Gasteiger partial charge in [0.15, 0.2) is 0 Å². The largest absolute Gasteiger partial charge is 0.444 e. The third-order valence-electron chi connectivity index (χ3n) is 2.24. The number of amides is 1. The molecule has 0 spiro atoms. The number of nitrogens with two attached hydrogens (primary N) is 1. The number of aliphatic hydroxyl groups excluding tert-OH is 1. The Labute approximate surface area is 117 Å². The lowest BCUT2D eigenvalue weighted by molar-refractivity contribution is 0.0636. The van der Waals surface area contributed by atoms with E-state index in [-0.39, 0.29) is 6.61 Å². The van der Waals surface area contributed by atoms with Crippen LogP contribution in [0.4, 0.5) is 10.5 Å². The molecule has 0 radical (unpaired) electrons. The lowest BCUT2D eigenvalue weighted by atomic mass is 10.1. The monoisotopic (exact) mass is 286 g/mol. The second-order valence-corrected chi connectivity index (χ2v) is 5.56. The second kappa shape index (κ2) is 6.23. The van der Waals surface area contributed by atoms with Crippen molar-refractivity contribution in [3.63, 3.8) is 0 Å². The van der Waals surface area contributed by atoms with Crippen LogP contribution in [0.3, 0.4) is 0 Å². The SMILES string of the molecule is CC(C)(C)OC(=O)Nc1ccc([C@@H](N)CO)c(Cl)c1. The van der Waals surface area contributed by atoms with Crippen molar-refractivity contribution in [3.05, 3.63) is 28.8 Å². The number of anilines is 1. The third kappa shape index (κ3) is 5.06.